The van der Waals surface area contributed by atoms with Gasteiger partial charge in [-0.1, -0.05) is 129 Å². The Balaban J connectivity index is 0.000000180. The molecule has 370 valence electrons. The number of benzene rings is 3. The monoisotopic (exact) mass is 954 g/mol. The number of aromatic nitrogens is 3. The summed E-state index contributed by atoms with van der Waals surface area (Å²) in [6.45, 7) is 38.8. The summed E-state index contributed by atoms with van der Waals surface area (Å²) in [6, 6.07) is 35.5. The van der Waals surface area contributed by atoms with Crippen molar-refractivity contribution in [1.82, 2.24) is 13.7 Å². The van der Waals surface area contributed by atoms with Crippen LogP contribution in [0.2, 0.25) is 0 Å². The van der Waals surface area contributed by atoms with Crippen molar-refractivity contribution in [2.45, 2.75) is 125 Å². The van der Waals surface area contributed by atoms with E-state index in [9.17, 15) is 0 Å². The molecule has 5 aromatic heterocycles. The molecule has 0 N–H and O–H groups in total. The van der Waals surface area contributed by atoms with Gasteiger partial charge in [0.15, 0.2) is 0 Å². The lowest BCUT2D eigenvalue weighted by atomic mass is 9.88. The first-order chi connectivity index (χ1) is 32.9. The second kappa shape index (κ2) is 25.5. The normalized spacial score (nSPS) is 13.6. The van der Waals surface area contributed by atoms with Gasteiger partial charge in [-0.25, -0.2) is 0 Å². The van der Waals surface area contributed by atoms with Crippen LogP contribution in [-0.4, -0.2) is 13.7 Å². The number of allylic oxidation sites excluding steroid dienone is 8. The number of nitrogens with zero attached hydrogens (tertiary/aromatic N) is 3. The fourth-order valence-electron chi connectivity index (χ4n) is 7.97. The Morgan fingerprint density at radius 1 is 0.529 bits per heavy atom. The maximum absolute atomic E-state index is 4.96. The molecule has 0 spiro atoms. The molecular formula is C65H83N3OS. The molecule has 3 aromatic carbocycles. The molecule has 10 rings (SSSR count). The van der Waals surface area contributed by atoms with E-state index >= 15 is 0 Å². The molecule has 2 aliphatic carbocycles. The first kappa shape index (κ1) is 56.3. The van der Waals surface area contributed by atoms with Gasteiger partial charge in [-0.2, -0.15) is 0 Å². The van der Waals surface area contributed by atoms with Crippen molar-refractivity contribution in [2.24, 2.45) is 17.9 Å². The van der Waals surface area contributed by atoms with E-state index in [0.717, 1.165) is 5.76 Å². The maximum atomic E-state index is 4.96. The van der Waals surface area contributed by atoms with Gasteiger partial charge in [0, 0.05) is 75.0 Å². The van der Waals surface area contributed by atoms with Crippen LogP contribution in [-0.2, 0) is 7.05 Å². The lowest BCUT2D eigenvalue weighted by molar-refractivity contribution is 0.532. The van der Waals surface area contributed by atoms with Gasteiger partial charge in [-0.3, -0.25) is 0 Å². The molecule has 8 aromatic rings. The molecule has 2 aliphatic rings. The molecule has 5 heteroatoms. The third-order valence-corrected chi connectivity index (χ3v) is 14.8. The molecule has 0 fully saturated rings. The first-order valence-electron chi connectivity index (χ1n) is 24.6. The van der Waals surface area contributed by atoms with Crippen LogP contribution in [0.15, 0.2) is 184 Å². The SMILES string of the molecule is CC1=C(C)C(C)(C)C=C1.CC1=CC(C)(C)C=C1C.Cc1c(C)n(C)c2ccccc12.Cc1ccn(-c2ccccc2)c1C.Cc1ccoc1C.Cc1ccsc1C.Cc1cn(-c2ccccc2)cc1C. The van der Waals surface area contributed by atoms with Gasteiger partial charge in [0.05, 0.1) is 6.26 Å². The van der Waals surface area contributed by atoms with Crippen LogP contribution < -0.4 is 0 Å². The van der Waals surface area contributed by atoms with Gasteiger partial charge in [0.25, 0.3) is 0 Å². The molecule has 0 atom stereocenters. The molecule has 0 amide bonds. The van der Waals surface area contributed by atoms with Crippen molar-refractivity contribution >= 4 is 22.2 Å². The largest absolute Gasteiger partial charge is 0.469 e. The number of furan rings is 1. The molecule has 0 saturated carbocycles. The van der Waals surface area contributed by atoms with Crippen LogP contribution in [0.5, 0.6) is 0 Å². The summed E-state index contributed by atoms with van der Waals surface area (Å²) in [5, 5.41) is 3.49. The fourth-order valence-corrected chi connectivity index (χ4v) is 8.70. The summed E-state index contributed by atoms with van der Waals surface area (Å²) in [7, 11) is 2.12. The number of para-hydroxylation sites is 3. The Morgan fingerprint density at radius 3 is 1.41 bits per heavy atom. The van der Waals surface area contributed by atoms with Crippen molar-refractivity contribution < 1.29 is 4.42 Å². The van der Waals surface area contributed by atoms with Gasteiger partial charge in [-0.05, 0) is 184 Å². The van der Waals surface area contributed by atoms with Crippen molar-refractivity contribution in [3.05, 3.63) is 235 Å². The number of hydrogen-bond acceptors (Lipinski definition) is 2. The number of thiophene rings is 1. The van der Waals surface area contributed by atoms with E-state index in [4.69, 9.17) is 4.42 Å². The molecule has 0 aliphatic heterocycles. The molecule has 0 saturated heterocycles. The molecule has 5 heterocycles. The first-order valence-corrected chi connectivity index (χ1v) is 25.5. The van der Waals surface area contributed by atoms with Crippen LogP contribution in [0, 0.1) is 80.1 Å². The highest BCUT2D eigenvalue weighted by atomic mass is 32.1. The Morgan fingerprint density at radius 2 is 1.07 bits per heavy atom. The van der Waals surface area contributed by atoms with Crippen LogP contribution >= 0.6 is 11.3 Å². The van der Waals surface area contributed by atoms with E-state index in [1.165, 1.54) is 94.2 Å². The highest BCUT2D eigenvalue weighted by Gasteiger charge is 2.21. The number of hydrogen-bond donors (Lipinski definition) is 0. The summed E-state index contributed by atoms with van der Waals surface area (Å²) >= 11 is 1.80. The number of fused-ring (bicyclic) bond motifs is 1. The van der Waals surface area contributed by atoms with E-state index in [0.29, 0.717) is 10.8 Å². The topological polar surface area (TPSA) is 27.9 Å². The standard InChI is InChI=1S/2C12H13N.C11H13N.2C9H14.C6H8O.C6H8S/c1-10-8-13(9-11(10)2)12-6-4-3-5-7-12;1-10-8-9-13(11(10)2)12-6-4-3-5-7-12;1-8-9(2)12(3)11-7-5-4-6-10(8)11;1-7-5-9(3,4)6-8(7)2;1-7-5-6-9(3,4)8(7)2;2*1-5-3-4-7-6(5)2/h2*3-9H,1-2H3;4-7H,1-3H3;2*5-6H,1-4H3;2*3-4H,1-2H3. The predicted molar refractivity (Wildman–Crippen MR) is 307 cm³/mol. The third-order valence-electron chi connectivity index (χ3n) is 13.8. The predicted octanol–water partition coefficient (Wildman–Crippen LogP) is 19.1. The summed E-state index contributed by atoms with van der Waals surface area (Å²) in [5.41, 5.74) is 20.9. The Labute approximate surface area is 427 Å². The zero-order chi connectivity index (χ0) is 51.9. The van der Waals surface area contributed by atoms with Crippen molar-refractivity contribution in [1.29, 1.82) is 0 Å². The van der Waals surface area contributed by atoms with Crippen molar-refractivity contribution in [3.8, 4) is 11.4 Å². The second-order valence-electron chi connectivity index (χ2n) is 20.1. The highest BCUT2D eigenvalue weighted by molar-refractivity contribution is 7.10. The zero-order valence-electron chi connectivity index (χ0n) is 46.2. The third kappa shape index (κ3) is 15.9. The van der Waals surface area contributed by atoms with E-state index < -0.39 is 0 Å². The summed E-state index contributed by atoms with van der Waals surface area (Å²) in [4.78, 5) is 1.43. The smallest absolute Gasteiger partial charge is 0.103 e. The Bertz CT molecular complexity index is 2870. The van der Waals surface area contributed by atoms with Gasteiger partial charge < -0.3 is 18.1 Å². The quantitative estimate of drug-likeness (QED) is 0.170. The van der Waals surface area contributed by atoms with Crippen LogP contribution in [0.1, 0.15) is 111 Å². The lowest BCUT2D eigenvalue weighted by Gasteiger charge is -2.17. The van der Waals surface area contributed by atoms with E-state index in [-0.39, 0.29) is 0 Å². The van der Waals surface area contributed by atoms with Crippen molar-refractivity contribution in [2.75, 3.05) is 0 Å². The average molecular weight is 954 g/mol. The minimum Gasteiger partial charge on any atom is -0.469 e. The molecule has 0 radical (unpaired) electrons. The minimum atomic E-state index is 0.314. The maximum Gasteiger partial charge on any atom is 0.103 e. The fraction of sp³-hybridized carbons (Fsp3) is 0.323. The van der Waals surface area contributed by atoms with Crippen molar-refractivity contribution in [3.63, 3.8) is 0 Å². The molecule has 0 unspecified atom stereocenters. The van der Waals surface area contributed by atoms with E-state index in [1.807, 2.05) is 32.0 Å². The van der Waals surface area contributed by atoms with Gasteiger partial charge in [-0.15, -0.1) is 11.3 Å². The Kier molecular flexibility index (Phi) is 20.5. The van der Waals surface area contributed by atoms with Crippen LogP contribution in [0.4, 0.5) is 0 Å². The minimum absolute atomic E-state index is 0.314. The van der Waals surface area contributed by atoms with E-state index in [1.54, 1.807) is 17.6 Å². The second-order valence-corrected chi connectivity index (χ2v) is 21.2. The molecule has 70 heavy (non-hydrogen) atoms. The average Bonchev–Trinajstić information content (AvgIpc) is 4.21. The summed E-state index contributed by atoms with van der Waals surface area (Å²) in [6.07, 6.45) is 17.2. The molecular weight excluding hydrogens is 871 g/mol. The number of aryl methyl sites for hydroxylation is 9. The van der Waals surface area contributed by atoms with Crippen LogP contribution in [0.3, 0.4) is 0 Å². The highest BCUT2D eigenvalue weighted by Crippen LogP contribution is 2.35. The Hall–Kier alpha value is -6.30. The summed E-state index contributed by atoms with van der Waals surface area (Å²) < 4.78 is 11.6. The van der Waals surface area contributed by atoms with Crippen LogP contribution in [0.25, 0.3) is 22.3 Å². The lowest BCUT2D eigenvalue weighted by Crippen LogP contribution is -2.05. The zero-order valence-corrected chi connectivity index (χ0v) is 47.0. The number of rotatable bonds is 2. The van der Waals surface area contributed by atoms with Gasteiger partial charge in [0.1, 0.15) is 5.76 Å². The molecule has 4 nitrogen and oxygen atoms in total. The van der Waals surface area contributed by atoms with Gasteiger partial charge in [0.2, 0.25) is 0 Å². The summed E-state index contributed by atoms with van der Waals surface area (Å²) in [5.74, 6) is 1.01. The molecule has 0 bridgehead atoms. The van der Waals surface area contributed by atoms with E-state index in [2.05, 4.69) is 265 Å². The van der Waals surface area contributed by atoms with Gasteiger partial charge >= 0.3 is 0 Å².